The van der Waals surface area contributed by atoms with E-state index in [1.54, 1.807) is 16.7 Å². The Morgan fingerprint density at radius 2 is 1.65 bits per heavy atom. The lowest BCUT2D eigenvalue weighted by Gasteiger charge is -2.34. The number of carbonyl (C=O) groups excluding carboxylic acids is 2. The first kappa shape index (κ1) is 16.3. The second-order valence-electron chi connectivity index (χ2n) is 6.34. The molecule has 0 atom stereocenters. The van der Waals surface area contributed by atoms with Gasteiger partial charge in [0.25, 0.3) is 5.91 Å². The fourth-order valence-electron chi connectivity index (χ4n) is 3.28. The zero-order valence-electron chi connectivity index (χ0n) is 14.5. The Labute approximate surface area is 150 Å². The highest BCUT2D eigenvalue weighted by atomic mass is 16.2. The van der Waals surface area contributed by atoms with Crippen LogP contribution in [-0.2, 0) is 4.79 Å². The average Bonchev–Trinajstić information content (AvgIpc) is 3.16. The summed E-state index contributed by atoms with van der Waals surface area (Å²) >= 11 is 0. The van der Waals surface area contributed by atoms with Gasteiger partial charge in [0.1, 0.15) is 12.0 Å². The number of aromatic nitrogens is 3. The van der Waals surface area contributed by atoms with E-state index in [-0.39, 0.29) is 11.8 Å². The minimum absolute atomic E-state index is 0.00534. The van der Waals surface area contributed by atoms with Crippen LogP contribution in [0.5, 0.6) is 0 Å². The van der Waals surface area contributed by atoms with E-state index in [1.807, 2.05) is 36.5 Å². The van der Waals surface area contributed by atoms with E-state index in [0.29, 0.717) is 31.7 Å². The third kappa shape index (κ3) is 2.92. The fourth-order valence-corrected chi connectivity index (χ4v) is 3.28. The second kappa shape index (κ2) is 6.59. The van der Waals surface area contributed by atoms with Crippen molar-refractivity contribution in [2.75, 3.05) is 26.2 Å². The maximum absolute atomic E-state index is 12.7. The van der Waals surface area contributed by atoms with Gasteiger partial charge in [-0.25, -0.2) is 9.97 Å². The summed E-state index contributed by atoms with van der Waals surface area (Å²) in [5, 5.41) is 0.951. The van der Waals surface area contributed by atoms with Crippen molar-refractivity contribution in [3.63, 3.8) is 0 Å². The van der Waals surface area contributed by atoms with E-state index in [9.17, 15) is 9.59 Å². The second-order valence-corrected chi connectivity index (χ2v) is 6.34. The zero-order chi connectivity index (χ0) is 18.1. The zero-order valence-corrected chi connectivity index (χ0v) is 14.5. The Morgan fingerprint density at radius 1 is 0.962 bits per heavy atom. The number of fused-ring (bicyclic) bond motifs is 1. The molecule has 7 nitrogen and oxygen atoms in total. The number of benzene rings is 1. The van der Waals surface area contributed by atoms with E-state index in [0.717, 1.165) is 22.3 Å². The fraction of sp³-hybridized carbons (Fsp3) is 0.263. The lowest BCUT2D eigenvalue weighted by Crippen LogP contribution is -2.50. The molecule has 0 unspecified atom stereocenters. The van der Waals surface area contributed by atoms with E-state index in [1.165, 1.54) is 6.33 Å². The summed E-state index contributed by atoms with van der Waals surface area (Å²) in [6.45, 7) is 3.87. The molecule has 132 valence electrons. The SMILES string of the molecule is CC(=O)N1CCN(C(=O)c2ccc(-c3ncnc4[nH]ccc34)cc2)CC1. The Hall–Kier alpha value is -3.22. The van der Waals surface area contributed by atoms with E-state index in [2.05, 4.69) is 15.0 Å². The summed E-state index contributed by atoms with van der Waals surface area (Å²) in [6.07, 6.45) is 3.36. The van der Waals surface area contributed by atoms with Crippen molar-refractivity contribution in [1.29, 1.82) is 0 Å². The van der Waals surface area contributed by atoms with Crippen molar-refractivity contribution in [1.82, 2.24) is 24.8 Å². The number of carbonyl (C=O) groups is 2. The predicted molar refractivity (Wildman–Crippen MR) is 97.5 cm³/mol. The van der Waals surface area contributed by atoms with Crippen LogP contribution in [0.3, 0.4) is 0 Å². The van der Waals surface area contributed by atoms with Gasteiger partial charge in [-0.05, 0) is 18.2 Å². The van der Waals surface area contributed by atoms with Crippen LogP contribution >= 0.6 is 0 Å². The first-order valence-electron chi connectivity index (χ1n) is 8.57. The number of nitrogens with one attached hydrogen (secondary N) is 1. The molecule has 26 heavy (non-hydrogen) atoms. The number of hydrogen-bond acceptors (Lipinski definition) is 4. The van der Waals surface area contributed by atoms with Crippen molar-refractivity contribution in [2.45, 2.75) is 6.92 Å². The molecule has 1 saturated heterocycles. The highest BCUT2D eigenvalue weighted by molar-refractivity contribution is 5.96. The maximum atomic E-state index is 12.7. The molecular formula is C19H19N5O2. The minimum atomic E-state index is -0.00534. The number of rotatable bonds is 2. The molecule has 3 aromatic rings. The number of hydrogen-bond donors (Lipinski definition) is 1. The lowest BCUT2D eigenvalue weighted by atomic mass is 10.1. The van der Waals surface area contributed by atoms with Crippen LogP contribution in [0.4, 0.5) is 0 Å². The minimum Gasteiger partial charge on any atom is -0.346 e. The third-order valence-electron chi connectivity index (χ3n) is 4.77. The third-order valence-corrected chi connectivity index (χ3v) is 4.77. The molecule has 0 bridgehead atoms. The molecule has 0 aliphatic carbocycles. The molecule has 1 aromatic carbocycles. The number of amides is 2. The quantitative estimate of drug-likeness (QED) is 0.766. The van der Waals surface area contributed by atoms with Gasteiger partial charge < -0.3 is 14.8 Å². The van der Waals surface area contributed by atoms with Gasteiger partial charge in [0.15, 0.2) is 0 Å². The molecule has 0 spiro atoms. The highest BCUT2D eigenvalue weighted by Crippen LogP contribution is 2.25. The van der Waals surface area contributed by atoms with Crippen LogP contribution in [-0.4, -0.2) is 62.7 Å². The molecule has 1 N–H and O–H groups in total. The van der Waals surface area contributed by atoms with Crippen molar-refractivity contribution < 1.29 is 9.59 Å². The van der Waals surface area contributed by atoms with Crippen LogP contribution in [0.15, 0.2) is 42.9 Å². The standard InChI is InChI=1S/C19H19N5O2/c1-13(25)23-8-10-24(11-9-23)19(26)15-4-2-14(3-5-15)17-16-6-7-20-18(16)22-12-21-17/h2-7,12H,8-11H2,1H3,(H,20,21,22). The Kier molecular flexibility index (Phi) is 4.12. The summed E-state index contributed by atoms with van der Waals surface area (Å²) in [5.74, 6) is 0.0524. The monoisotopic (exact) mass is 349 g/mol. The number of aromatic amines is 1. The van der Waals surface area contributed by atoms with Gasteiger partial charge in [0.05, 0.1) is 5.69 Å². The largest absolute Gasteiger partial charge is 0.346 e. The van der Waals surface area contributed by atoms with Crippen molar-refractivity contribution in [2.24, 2.45) is 0 Å². The predicted octanol–water partition coefficient (Wildman–Crippen LogP) is 1.93. The van der Waals surface area contributed by atoms with E-state index >= 15 is 0 Å². The normalized spacial score (nSPS) is 14.7. The summed E-state index contributed by atoms with van der Waals surface area (Å²) in [5.41, 5.74) is 3.21. The molecule has 4 rings (SSSR count). The molecule has 1 fully saturated rings. The Balaban J connectivity index is 1.52. The van der Waals surface area contributed by atoms with Crippen molar-refractivity contribution in [3.05, 3.63) is 48.4 Å². The van der Waals surface area contributed by atoms with E-state index < -0.39 is 0 Å². The van der Waals surface area contributed by atoms with Crippen molar-refractivity contribution in [3.8, 4) is 11.3 Å². The van der Waals surface area contributed by atoms with Crippen LogP contribution in [0.25, 0.3) is 22.3 Å². The summed E-state index contributed by atoms with van der Waals surface area (Å²) in [7, 11) is 0. The molecule has 1 aliphatic heterocycles. The van der Waals surface area contributed by atoms with Gasteiger partial charge in [-0.1, -0.05) is 12.1 Å². The van der Waals surface area contributed by atoms with Crippen LogP contribution < -0.4 is 0 Å². The number of H-pyrrole nitrogens is 1. The maximum Gasteiger partial charge on any atom is 0.253 e. The van der Waals surface area contributed by atoms with Gasteiger partial charge in [0.2, 0.25) is 5.91 Å². The molecule has 7 heteroatoms. The first-order valence-corrected chi connectivity index (χ1v) is 8.57. The molecule has 3 heterocycles. The number of nitrogens with zero attached hydrogens (tertiary/aromatic N) is 4. The van der Waals surface area contributed by atoms with Crippen LogP contribution in [0.2, 0.25) is 0 Å². The van der Waals surface area contributed by atoms with Crippen LogP contribution in [0.1, 0.15) is 17.3 Å². The smallest absolute Gasteiger partial charge is 0.253 e. The van der Waals surface area contributed by atoms with Crippen molar-refractivity contribution >= 4 is 22.8 Å². The van der Waals surface area contributed by atoms with Gasteiger partial charge in [-0.15, -0.1) is 0 Å². The Bertz CT molecular complexity index is 955. The molecule has 0 saturated carbocycles. The summed E-state index contributed by atoms with van der Waals surface area (Å²) in [6, 6.07) is 9.42. The molecule has 1 aliphatic rings. The highest BCUT2D eigenvalue weighted by Gasteiger charge is 2.23. The topological polar surface area (TPSA) is 82.2 Å². The summed E-state index contributed by atoms with van der Waals surface area (Å²) in [4.78, 5) is 39.3. The van der Waals surface area contributed by atoms with E-state index in [4.69, 9.17) is 0 Å². The van der Waals surface area contributed by atoms with Gasteiger partial charge >= 0.3 is 0 Å². The molecule has 2 amide bonds. The molecular weight excluding hydrogens is 330 g/mol. The van der Waals surface area contributed by atoms with Gasteiger partial charge in [0, 0.05) is 55.8 Å². The van der Waals surface area contributed by atoms with Gasteiger partial charge in [-0.3, -0.25) is 9.59 Å². The van der Waals surface area contributed by atoms with Crippen LogP contribution in [0, 0.1) is 0 Å². The average molecular weight is 349 g/mol. The Morgan fingerprint density at radius 3 is 2.35 bits per heavy atom. The molecule has 0 radical (unpaired) electrons. The van der Waals surface area contributed by atoms with Gasteiger partial charge in [-0.2, -0.15) is 0 Å². The lowest BCUT2D eigenvalue weighted by molar-refractivity contribution is -0.130. The first-order chi connectivity index (χ1) is 12.6. The summed E-state index contributed by atoms with van der Waals surface area (Å²) < 4.78 is 0. The number of piperazine rings is 1. The molecule has 2 aromatic heterocycles.